The van der Waals surface area contributed by atoms with Crippen LogP contribution in [-0.4, -0.2) is 0 Å². The summed E-state index contributed by atoms with van der Waals surface area (Å²) in [7, 11) is 0. The number of hydrogen-bond donors (Lipinski definition) is 0. The first kappa shape index (κ1) is 31.9. The normalized spacial score (nSPS) is 17.9. The van der Waals surface area contributed by atoms with Crippen LogP contribution < -0.4 is 0 Å². The fourth-order valence-electron chi connectivity index (χ4n) is 8.54. The van der Waals surface area contributed by atoms with Gasteiger partial charge in [-0.3, -0.25) is 0 Å². The van der Waals surface area contributed by atoms with Crippen molar-refractivity contribution in [3.63, 3.8) is 0 Å². The van der Waals surface area contributed by atoms with Gasteiger partial charge in [0.15, 0.2) is 0 Å². The summed E-state index contributed by atoms with van der Waals surface area (Å²) in [6.07, 6.45) is 6.38. The van der Waals surface area contributed by atoms with Gasteiger partial charge in [0.05, 0.1) is 0 Å². The lowest BCUT2D eigenvalue weighted by Crippen LogP contribution is -2.46. The molecule has 1 aliphatic carbocycles. The van der Waals surface area contributed by atoms with Crippen LogP contribution in [0.5, 0.6) is 0 Å². The molecule has 1 aliphatic rings. The molecule has 0 heterocycles. The van der Waals surface area contributed by atoms with E-state index in [1.54, 1.807) is 0 Å². The van der Waals surface area contributed by atoms with Crippen LogP contribution in [0.15, 0.2) is 158 Å². The highest BCUT2D eigenvalue weighted by Crippen LogP contribution is 2.54. The van der Waals surface area contributed by atoms with E-state index in [1.165, 1.54) is 87.7 Å². The molecule has 0 saturated heterocycles. The van der Waals surface area contributed by atoms with Crippen molar-refractivity contribution in [2.75, 3.05) is 0 Å². The summed E-state index contributed by atoms with van der Waals surface area (Å²) in [5.74, 6) is 1.89. The molecule has 3 atom stereocenters. The number of hydrogen-bond acceptors (Lipinski definition) is 0. The van der Waals surface area contributed by atoms with Gasteiger partial charge in [-0.25, -0.2) is 0 Å². The Balaban J connectivity index is 1.23. The van der Waals surface area contributed by atoms with E-state index in [4.69, 9.17) is 0 Å². The third-order valence-corrected chi connectivity index (χ3v) is 11.4. The highest BCUT2D eigenvalue weighted by atomic mass is 14.5. The molecule has 7 rings (SSSR count). The Morgan fingerprint density at radius 2 is 0.812 bits per heavy atom. The van der Waals surface area contributed by atoms with Crippen LogP contribution >= 0.6 is 0 Å². The summed E-state index contributed by atoms with van der Waals surface area (Å²) in [6.45, 7) is 7.33. The zero-order chi connectivity index (χ0) is 32.9. The first-order valence-corrected chi connectivity index (χ1v) is 18.1. The molecule has 0 N–H and O–H groups in total. The van der Waals surface area contributed by atoms with E-state index in [9.17, 15) is 0 Å². The van der Waals surface area contributed by atoms with Gasteiger partial charge in [0.1, 0.15) is 0 Å². The minimum atomic E-state index is -0.00687. The molecule has 0 nitrogen and oxygen atoms in total. The molecule has 6 aromatic rings. The first-order chi connectivity index (χ1) is 23.6. The predicted octanol–water partition coefficient (Wildman–Crippen LogP) is 13.5. The molecule has 240 valence electrons. The van der Waals surface area contributed by atoms with Crippen LogP contribution in [0.3, 0.4) is 0 Å². The second kappa shape index (κ2) is 14.2. The third kappa shape index (κ3) is 6.29. The maximum atomic E-state index is 2.52. The fraction of sp³-hybridized carbons (Fsp3) is 0.250. The summed E-state index contributed by atoms with van der Waals surface area (Å²) in [6, 6.07) is 58.7. The molecule has 0 amide bonds. The summed E-state index contributed by atoms with van der Waals surface area (Å²) < 4.78 is 0. The second-order valence-electron chi connectivity index (χ2n) is 14.2. The van der Waals surface area contributed by atoms with Crippen molar-refractivity contribution in [1.82, 2.24) is 0 Å². The molecule has 3 unspecified atom stereocenters. The largest absolute Gasteiger partial charge is 0.0651 e. The van der Waals surface area contributed by atoms with Crippen molar-refractivity contribution < 1.29 is 0 Å². The monoisotopic (exact) mass is 624 g/mol. The minimum absolute atomic E-state index is 0.00687. The maximum Gasteiger partial charge on any atom is 0.0256 e. The van der Waals surface area contributed by atoms with E-state index < -0.39 is 0 Å². The van der Waals surface area contributed by atoms with Gasteiger partial charge >= 0.3 is 0 Å². The Hall–Kier alpha value is -4.68. The van der Waals surface area contributed by atoms with E-state index in [2.05, 4.69) is 178 Å². The highest BCUT2D eigenvalue weighted by molar-refractivity contribution is 5.72. The Kier molecular flexibility index (Phi) is 9.44. The maximum absolute atomic E-state index is 2.52. The molecular weight excluding hydrogens is 577 g/mol. The highest BCUT2D eigenvalue weighted by Gasteiger charge is 2.48. The van der Waals surface area contributed by atoms with E-state index in [-0.39, 0.29) is 5.41 Å². The third-order valence-electron chi connectivity index (χ3n) is 11.4. The Bertz CT molecular complexity index is 1750. The first-order valence-electron chi connectivity index (χ1n) is 18.1. The smallest absolute Gasteiger partial charge is 0.0256 e. The SMILES string of the molecule is CCC(C)CC1CCCC(C)C1(c1ccc(-c2ccc(-c3ccccc3)cc2)cc1)c1ccc(-c2ccc(-c3ccccc3)cc2)cc1. The molecule has 0 spiro atoms. The van der Waals surface area contributed by atoms with Gasteiger partial charge in [-0.2, -0.15) is 0 Å². The van der Waals surface area contributed by atoms with Crippen molar-refractivity contribution in [1.29, 1.82) is 0 Å². The predicted molar refractivity (Wildman–Crippen MR) is 206 cm³/mol. The summed E-state index contributed by atoms with van der Waals surface area (Å²) >= 11 is 0. The molecule has 6 aromatic carbocycles. The zero-order valence-electron chi connectivity index (χ0n) is 28.8. The molecule has 0 bridgehead atoms. The van der Waals surface area contributed by atoms with E-state index in [0.29, 0.717) is 17.8 Å². The number of rotatable bonds is 9. The van der Waals surface area contributed by atoms with Crippen molar-refractivity contribution in [2.45, 2.75) is 58.3 Å². The van der Waals surface area contributed by atoms with E-state index in [1.807, 2.05) is 0 Å². The number of benzene rings is 6. The van der Waals surface area contributed by atoms with E-state index >= 15 is 0 Å². The zero-order valence-corrected chi connectivity index (χ0v) is 28.8. The molecule has 1 saturated carbocycles. The Morgan fingerprint density at radius 3 is 1.17 bits per heavy atom. The molecule has 0 radical (unpaired) electrons. The molecule has 0 aliphatic heterocycles. The molecular formula is C48H48. The van der Waals surface area contributed by atoms with Crippen LogP contribution in [0.2, 0.25) is 0 Å². The van der Waals surface area contributed by atoms with Crippen molar-refractivity contribution in [3.8, 4) is 44.5 Å². The van der Waals surface area contributed by atoms with Crippen LogP contribution in [0, 0.1) is 17.8 Å². The van der Waals surface area contributed by atoms with Crippen molar-refractivity contribution in [3.05, 3.63) is 169 Å². The quantitative estimate of drug-likeness (QED) is 0.150. The van der Waals surface area contributed by atoms with Crippen LogP contribution in [0.1, 0.15) is 64.0 Å². The lowest BCUT2D eigenvalue weighted by molar-refractivity contribution is 0.129. The van der Waals surface area contributed by atoms with Gasteiger partial charge in [-0.05, 0) is 92.7 Å². The fourth-order valence-corrected chi connectivity index (χ4v) is 8.54. The molecule has 0 aromatic heterocycles. The minimum Gasteiger partial charge on any atom is -0.0651 e. The molecule has 48 heavy (non-hydrogen) atoms. The van der Waals surface area contributed by atoms with Crippen LogP contribution in [0.4, 0.5) is 0 Å². The lowest BCUT2D eigenvalue weighted by atomic mass is 9.53. The Morgan fingerprint density at radius 1 is 0.479 bits per heavy atom. The van der Waals surface area contributed by atoms with Crippen molar-refractivity contribution >= 4 is 0 Å². The average Bonchev–Trinajstić information content (AvgIpc) is 3.16. The van der Waals surface area contributed by atoms with E-state index in [0.717, 1.165) is 0 Å². The average molecular weight is 625 g/mol. The van der Waals surface area contributed by atoms with Gasteiger partial charge < -0.3 is 0 Å². The summed E-state index contributed by atoms with van der Waals surface area (Å²) in [5.41, 5.74) is 13.1. The van der Waals surface area contributed by atoms with Gasteiger partial charge in [0, 0.05) is 5.41 Å². The topological polar surface area (TPSA) is 0 Å². The second-order valence-corrected chi connectivity index (χ2v) is 14.2. The summed E-state index contributed by atoms with van der Waals surface area (Å²) in [4.78, 5) is 0. The molecule has 0 heteroatoms. The van der Waals surface area contributed by atoms with Gasteiger partial charge in [0.2, 0.25) is 0 Å². The van der Waals surface area contributed by atoms with Crippen LogP contribution in [0.25, 0.3) is 44.5 Å². The lowest BCUT2D eigenvalue weighted by Gasteiger charge is -2.51. The van der Waals surface area contributed by atoms with Crippen LogP contribution in [-0.2, 0) is 5.41 Å². The van der Waals surface area contributed by atoms with Gasteiger partial charge in [0.25, 0.3) is 0 Å². The van der Waals surface area contributed by atoms with Gasteiger partial charge in [-0.15, -0.1) is 0 Å². The summed E-state index contributed by atoms with van der Waals surface area (Å²) in [5, 5.41) is 0. The van der Waals surface area contributed by atoms with Crippen molar-refractivity contribution in [2.24, 2.45) is 17.8 Å². The molecule has 1 fully saturated rings. The Labute approximate surface area is 288 Å². The van der Waals surface area contributed by atoms with Gasteiger partial charge in [-0.1, -0.05) is 191 Å². The standard InChI is InChI=1S/C48H48/c1-4-35(2)34-47-17-11-12-36(3)48(47,45-30-26-43(27-31-45)41-22-18-39(19-23-41)37-13-7-5-8-14-37)46-32-28-44(29-33-46)42-24-20-40(21-25-42)38-15-9-6-10-16-38/h5-10,13-16,18-33,35-36,47H,4,11-12,17,34H2,1-3H3.